The van der Waals surface area contributed by atoms with Gasteiger partial charge in [0.15, 0.2) is 11.6 Å². The minimum atomic E-state index is -1.55. The monoisotopic (exact) mass is 1840 g/mol. The highest BCUT2D eigenvalue weighted by Gasteiger charge is 2.33. The average Bonchev–Trinajstić information content (AvgIpc) is 1.72. The number of para-hydroxylation sites is 3. The third-order valence-corrected chi connectivity index (χ3v) is 25.8. The van der Waals surface area contributed by atoms with Crippen molar-refractivity contribution in [2.45, 2.75) is 58.7 Å². The zero-order valence-electron chi connectivity index (χ0n) is 72.9. The molecule has 0 spiro atoms. The molecule has 2 aliphatic heterocycles. The van der Waals surface area contributed by atoms with Crippen molar-refractivity contribution in [2.24, 2.45) is 7.05 Å². The number of hydrogen-bond acceptors (Lipinski definition) is 26. The van der Waals surface area contributed by atoms with E-state index in [0.29, 0.717) is 196 Å². The van der Waals surface area contributed by atoms with E-state index in [4.69, 9.17) is 99.6 Å². The van der Waals surface area contributed by atoms with Crippen LogP contribution in [0.2, 0.25) is 10.0 Å². The zero-order valence-corrected chi connectivity index (χ0v) is 76.0. The van der Waals surface area contributed by atoms with Crippen molar-refractivity contribution < 1.29 is 66.8 Å². The number of ether oxygens (including phenoxy) is 9. The summed E-state index contributed by atoms with van der Waals surface area (Å²) in [6.07, 6.45) is 3.32. The van der Waals surface area contributed by atoms with Gasteiger partial charge in [0.25, 0.3) is 0 Å². The molecule has 0 amide bonds. The fourth-order valence-corrected chi connectivity index (χ4v) is 18.0. The van der Waals surface area contributed by atoms with E-state index in [9.17, 15) is 19.8 Å². The molecule has 2 saturated heterocycles. The number of rotatable bonds is 36. The first kappa shape index (κ1) is 89.7. The minimum absolute atomic E-state index is 0.0192. The van der Waals surface area contributed by atoms with Crippen LogP contribution in [0.15, 0.2) is 207 Å². The number of pyridine rings is 2. The van der Waals surface area contributed by atoms with E-state index in [1.165, 1.54) is 12.1 Å². The number of fused-ring (bicyclic) bond motifs is 2. The molecule has 2 fully saturated rings. The van der Waals surface area contributed by atoms with Crippen molar-refractivity contribution >= 4 is 78.4 Å². The molecule has 9 heterocycles. The first-order valence-electron chi connectivity index (χ1n) is 42.7. The number of carbonyl (C=O) groups is 2. The highest BCUT2D eigenvalue weighted by Crippen LogP contribution is 2.50. The number of aliphatic carboxylic acids is 2. The predicted octanol–water partition coefficient (Wildman–Crippen LogP) is 17.9. The summed E-state index contributed by atoms with van der Waals surface area (Å²) in [6, 6.07) is 54.1. The third kappa shape index (κ3) is 20.5. The number of likely N-dealkylation sites (N-methyl/N-ethyl adjacent to an activating group) is 2. The average molecular weight is 1840 g/mol. The van der Waals surface area contributed by atoms with Crippen LogP contribution in [-0.2, 0) is 49.3 Å². The Kier molecular flexibility index (Phi) is 27.9. The standard InChI is InChI=1S/C99H93Cl2FN14O13S2/c1-59-71(29-31-79(90(59)100)123-47-45-115-41-37-112(3)38-42-115)86-88-84(130-110-96(88)128-82(98(117)118)51-63-15-8-11-20-76(63)126-56-67-33-35-103-94(107-67)73-18-9-12-21-77(73)121-6)54-105-92(86)61-25-27-70(28-26-61)125-58-69-53-75(114(5)109-69)62-23-24-64(81(50-62)127-57-68-34-36-104-95(108-68)74-19-10-13-22-78(74)122-7)52-83(99(119)120)129-97-89-85(131-111-97)55-106-93(65-16-14-17-66(102)49-65)87(89)72-30-32-80(91(101)60(72)2)124-48-46-116-43-39-113(4)40-44-116/h8-36,49-50,53-55,82-83H,37-48,51-52,56-58H2,1-7H3,(H,117,118)(H,119,120)/t82-,83-/m1/s1. The molecule has 32 heteroatoms. The van der Waals surface area contributed by atoms with Crippen LogP contribution in [0.4, 0.5) is 4.39 Å². The quantitative estimate of drug-likeness (QED) is 0.0369. The van der Waals surface area contributed by atoms with Gasteiger partial charge in [0.05, 0.1) is 84.0 Å². The molecule has 0 aliphatic carbocycles. The second kappa shape index (κ2) is 40.8. The highest BCUT2D eigenvalue weighted by molar-refractivity contribution is 7.14. The minimum Gasteiger partial charge on any atom is -0.496 e. The summed E-state index contributed by atoms with van der Waals surface area (Å²) < 4.78 is 84.9. The topological polar surface area (TPSA) is 292 Å². The number of halogens is 3. The molecule has 2 N–H and O–H groups in total. The van der Waals surface area contributed by atoms with E-state index >= 15 is 4.39 Å². The van der Waals surface area contributed by atoms with Crippen molar-refractivity contribution in [1.29, 1.82) is 0 Å². The summed E-state index contributed by atoms with van der Waals surface area (Å²) in [7, 11) is 9.23. The maximum Gasteiger partial charge on any atom is 0.345 e. The first-order chi connectivity index (χ1) is 63.8. The Hall–Kier alpha value is -13.3. The van der Waals surface area contributed by atoms with Gasteiger partial charge in [0, 0.05) is 138 Å². The first-order valence-corrected chi connectivity index (χ1v) is 45.0. The Morgan fingerprint density at radius 3 is 1.47 bits per heavy atom. The van der Waals surface area contributed by atoms with Gasteiger partial charge in [0.1, 0.15) is 84.8 Å². The summed E-state index contributed by atoms with van der Waals surface area (Å²) in [5, 5.41) is 29.1. The number of carboxylic acids is 2. The maximum atomic E-state index is 15.3. The van der Waals surface area contributed by atoms with Gasteiger partial charge in [-0.25, -0.2) is 33.9 Å². The molecule has 0 saturated carbocycles. The van der Waals surface area contributed by atoms with E-state index in [0.717, 1.165) is 94.1 Å². The fourth-order valence-electron chi connectivity index (χ4n) is 16.1. The lowest BCUT2D eigenvalue weighted by Gasteiger charge is -2.32. The molecular weight excluding hydrogens is 1750 g/mol. The summed E-state index contributed by atoms with van der Waals surface area (Å²) in [5.74, 6) is 1.49. The number of hydrogen-bond donors (Lipinski definition) is 2. The van der Waals surface area contributed by atoms with Crippen LogP contribution in [0.25, 0.3) is 99.0 Å². The normalized spacial score (nSPS) is 13.8. The van der Waals surface area contributed by atoms with Crippen LogP contribution < -0.4 is 42.6 Å². The third-order valence-electron chi connectivity index (χ3n) is 23.4. The lowest BCUT2D eigenvalue weighted by molar-refractivity contribution is -0.145. The highest BCUT2D eigenvalue weighted by atomic mass is 35.5. The molecule has 2 aliphatic rings. The van der Waals surface area contributed by atoms with Crippen LogP contribution in [0, 0.1) is 19.7 Å². The number of carboxylic acid groups (broad SMARTS) is 2. The Bertz CT molecular complexity index is 6670. The van der Waals surface area contributed by atoms with Crippen molar-refractivity contribution in [1.82, 2.24) is 68.0 Å². The van der Waals surface area contributed by atoms with Gasteiger partial charge >= 0.3 is 11.9 Å². The number of benzene rings is 8. The predicted molar refractivity (Wildman–Crippen MR) is 503 cm³/mol. The van der Waals surface area contributed by atoms with E-state index in [1.807, 2.05) is 148 Å². The van der Waals surface area contributed by atoms with Gasteiger partial charge in [-0.3, -0.25) is 24.4 Å². The number of methoxy groups -OCH3 is 2. The zero-order chi connectivity index (χ0) is 90.8. The number of piperazine rings is 2. The molecular formula is C99H93Cl2FN14O13S2. The van der Waals surface area contributed by atoms with Crippen LogP contribution >= 0.6 is 46.3 Å². The smallest absolute Gasteiger partial charge is 0.345 e. The second-order valence-corrected chi connectivity index (χ2v) is 34.3. The Morgan fingerprint density at radius 2 is 0.947 bits per heavy atom. The lowest BCUT2D eigenvalue weighted by atomic mass is 9.93. The molecule has 0 unspecified atom stereocenters. The van der Waals surface area contributed by atoms with Crippen LogP contribution in [0.5, 0.6) is 52.0 Å². The molecule has 0 radical (unpaired) electrons. The van der Waals surface area contributed by atoms with Gasteiger partial charge in [-0.05, 0) is 188 Å². The van der Waals surface area contributed by atoms with E-state index in [-0.39, 0.29) is 44.4 Å². The summed E-state index contributed by atoms with van der Waals surface area (Å²) in [6.45, 7) is 13.7. The van der Waals surface area contributed by atoms with Crippen molar-refractivity contribution in [2.75, 3.05) is 107 Å². The molecule has 15 aromatic rings. The largest absolute Gasteiger partial charge is 0.496 e. The molecule has 27 nitrogen and oxygen atoms in total. The summed E-state index contributed by atoms with van der Waals surface area (Å²) >= 11 is 16.8. The van der Waals surface area contributed by atoms with Crippen molar-refractivity contribution in [3.8, 4) is 131 Å². The number of nitrogens with zero attached hydrogens (tertiary/aromatic N) is 14. The van der Waals surface area contributed by atoms with E-state index < -0.39 is 30.0 Å². The molecule has 7 aromatic heterocycles. The lowest BCUT2D eigenvalue weighted by Crippen LogP contribution is -2.45. The Balaban J connectivity index is 0.650. The Morgan fingerprint density at radius 1 is 0.466 bits per heavy atom. The molecule has 670 valence electrons. The SMILES string of the molecule is COc1ccccc1-c1nccc(COc2ccccc2C[C@@H](Oc2nsc3cnc(-c4ccc(OCc5cc(-c6ccc(C[C@@H](Oc7nsc8cnc(-c9cccc(F)c9)c(-c9ccc(OCCN%10CCN(C)CC%10)c(Cl)c9C)c78)C(=O)O)c(OCc7ccnc(-c8ccccc8OC)n7)c6)n(C)n5)cc4)c(-c4ccc(OCCN5CCN(C)CC5)c(Cl)c4C)c23)C(=O)O)n1. The molecule has 8 aromatic carbocycles. The van der Waals surface area contributed by atoms with E-state index in [2.05, 4.69) is 43.7 Å². The summed E-state index contributed by atoms with van der Waals surface area (Å²) in [5.41, 5.74) is 11.3. The fraction of sp³-hybridized carbons (Fsp3) is 0.263. The molecule has 131 heavy (non-hydrogen) atoms. The second-order valence-electron chi connectivity index (χ2n) is 31.9. The van der Waals surface area contributed by atoms with Crippen LogP contribution in [-0.4, -0.2) is 209 Å². The van der Waals surface area contributed by atoms with Crippen LogP contribution in [0.1, 0.15) is 39.3 Å². The van der Waals surface area contributed by atoms with Gasteiger partial charge in [-0.2, -0.15) is 13.8 Å². The molecule has 2 atom stereocenters. The van der Waals surface area contributed by atoms with E-state index in [1.54, 1.807) is 86.2 Å². The van der Waals surface area contributed by atoms with Crippen LogP contribution in [0.3, 0.4) is 0 Å². The van der Waals surface area contributed by atoms with Gasteiger partial charge < -0.3 is 62.6 Å². The maximum absolute atomic E-state index is 15.3. The number of aromatic nitrogens is 10. The van der Waals surface area contributed by atoms with Gasteiger partial charge in [-0.15, -0.1) is 0 Å². The van der Waals surface area contributed by atoms with Crippen molar-refractivity contribution in [3.05, 3.63) is 262 Å². The van der Waals surface area contributed by atoms with Gasteiger partial charge in [0.2, 0.25) is 24.0 Å². The van der Waals surface area contributed by atoms with Crippen molar-refractivity contribution in [3.63, 3.8) is 0 Å². The molecule has 0 bridgehead atoms. The number of aryl methyl sites for hydroxylation is 1. The van der Waals surface area contributed by atoms with Gasteiger partial charge in [-0.1, -0.05) is 102 Å². The summed E-state index contributed by atoms with van der Waals surface area (Å²) in [4.78, 5) is 65.6. The molecule has 17 rings (SSSR count). The Labute approximate surface area is 773 Å².